The molecule has 0 saturated carbocycles. The van der Waals surface area contributed by atoms with E-state index < -0.39 is 17.7 Å². The fourth-order valence-corrected chi connectivity index (χ4v) is 2.18. The van der Waals surface area contributed by atoms with Crippen LogP contribution in [-0.2, 0) is 23.9 Å². The minimum absolute atomic E-state index is 0.00794. The molecular weight excluding hydrogens is 345 g/mol. The van der Waals surface area contributed by atoms with Crippen molar-refractivity contribution in [2.24, 2.45) is 0 Å². The van der Waals surface area contributed by atoms with E-state index in [9.17, 15) is 18.0 Å². The molecule has 0 spiro atoms. The molecule has 2 N–H and O–H groups in total. The van der Waals surface area contributed by atoms with Gasteiger partial charge < -0.3 is 10.4 Å². The molecular formula is C16H14ClF3N2O2. The first-order chi connectivity index (χ1) is 11.3. The molecule has 0 amide bonds. The summed E-state index contributed by atoms with van der Waals surface area (Å²) in [7, 11) is 0. The zero-order valence-corrected chi connectivity index (χ0v) is 13.2. The maximum Gasteiger partial charge on any atom is 0.417 e. The lowest BCUT2D eigenvalue weighted by Crippen LogP contribution is -2.08. The monoisotopic (exact) mass is 358 g/mol. The van der Waals surface area contributed by atoms with Gasteiger partial charge in [-0.1, -0.05) is 23.7 Å². The summed E-state index contributed by atoms with van der Waals surface area (Å²) in [6.07, 6.45) is -3.32. The molecule has 4 nitrogen and oxygen atoms in total. The highest BCUT2D eigenvalue weighted by Gasteiger charge is 2.31. The van der Waals surface area contributed by atoms with Gasteiger partial charge in [0.2, 0.25) is 0 Å². The quantitative estimate of drug-likeness (QED) is 0.752. The number of carbonyl (C=O) groups is 1. The second kappa shape index (κ2) is 7.53. The van der Waals surface area contributed by atoms with Crippen LogP contribution in [0.15, 0.2) is 36.5 Å². The number of aryl methyl sites for hydroxylation is 1. The van der Waals surface area contributed by atoms with Crippen LogP contribution < -0.4 is 5.32 Å². The van der Waals surface area contributed by atoms with Crippen LogP contribution in [0.3, 0.4) is 0 Å². The maximum atomic E-state index is 12.7. The Morgan fingerprint density at radius 2 is 1.92 bits per heavy atom. The first-order valence-electron chi connectivity index (χ1n) is 7.02. The Kier molecular flexibility index (Phi) is 5.66. The van der Waals surface area contributed by atoms with E-state index in [2.05, 4.69) is 10.3 Å². The van der Waals surface area contributed by atoms with Crippen LogP contribution >= 0.6 is 11.6 Å². The molecule has 0 atom stereocenters. The lowest BCUT2D eigenvalue weighted by molar-refractivity contribution is -0.138. The molecule has 0 radical (unpaired) electrons. The van der Waals surface area contributed by atoms with E-state index >= 15 is 0 Å². The van der Waals surface area contributed by atoms with Crippen molar-refractivity contribution in [2.75, 3.05) is 5.32 Å². The number of aromatic nitrogens is 1. The summed E-state index contributed by atoms with van der Waals surface area (Å²) in [6, 6.07) is 7.94. The molecule has 128 valence electrons. The second-order valence-corrected chi connectivity index (χ2v) is 5.47. The van der Waals surface area contributed by atoms with Crippen LogP contribution in [0.25, 0.3) is 0 Å². The number of anilines is 1. The van der Waals surface area contributed by atoms with Gasteiger partial charge in [-0.25, -0.2) is 4.98 Å². The fourth-order valence-electron chi connectivity index (χ4n) is 2.01. The molecule has 0 fully saturated rings. The third kappa shape index (κ3) is 5.13. The van der Waals surface area contributed by atoms with E-state index in [-0.39, 0.29) is 23.7 Å². The van der Waals surface area contributed by atoms with Gasteiger partial charge in [-0.15, -0.1) is 0 Å². The van der Waals surface area contributed by atoms with Crippen molar-refractivity contribution in [3.63, 3.8) is 0 Å². The molecule has 2 aromatic rings. The van der Waals surface area contributed by atoms with Crippen LogP contribution in [0.1, 0.15) is 23.1 Å². The number of aliphatic carboxylic acids is 1. The van der Waals surface area contributed by atoms with Gasteiger partial charge in [0, 0.05) is 30.4 Å². The Hall–Kier alpha value is -2.28. The largest absolute Gasteiger partial charge is 0.481 e. The van der Waals surface area contributed by atoms with Crippen LogP contribution in [0.2, 0.25) is 5.15 Å². The van der Waals surface area contributed by atoms with Crippen molar-refractivity contribution in [2.45, 2.75) is 25.6 Å². The average Bonchev–Trinajstić information content (AvgIpc) is 2.52. The molecule has 1 aromatic heterocycles. The summed E-state index contributed by atoms with van der Waals surface area (Å²) in [5.41, 5.74) is 0.929. The number of nitrogens with zero attached hydrogens (tertiary/aromatic N) is 1. The van der Waals surface area contributed by atoms with Crippen LogP contribution in [0.4, 0.5) is 18.9 Å². The molecule has 0 aliphatic rings. The van der Waals surface area contributed by atoms with Crippen molar-refractivity contribution < 1.29 is 23.1 Å². The zero-order chi connectivity index (χ0) is 17.7. The highest BCUT2D eigenvalue weighted by Crippen LogP contribution is 2.30. The molecule has 0 bridgehead atoms. The zero-order valence-electron chi connectivity index (χ0n) is 12.4. The Balaban J connectivity index is 2.01. The normalized spacial score (nSPS) is 11.3. The van der Waals surface area contributed by atoms with E-state index in [4.69, 9.17) is 16.7 Å². The van der Waals surface area contributed by atoms with Crippen molar-refractivity contribution in [1.82, 2.24) is 4.98 Å². The topological polar surface area (TPSA) is 62.2 Å². The number of benzene rings is 1. The van der Waals surface area contributed by atoms with Gasteiger partial charge in [0.1, 0.15) is 5.15 Å². The van der Waals surface area contributed by atoms with Crippen molar-refractivity contribution in [3.05, 3.63) is 58.4 Å². The number of carboxylic acids is 1. The molecule has 1 heterocycles. The van der Waals surface area contributed by atoms with Gasteiger partial charge >= 0.3 is 12.1 Å². The van der Waals surface area contributed by atoms with Crippen LogP contribution in [-0.4, -0.2) is 16.1 Å². The summed E-state index contributed by atoms with van der Waals surface area (Å²) in [5, 5.41) is 11.6. The van der Waals surface area contributed by atoms with E-state index in [1.165, 1.54) is 0 Å². The predicted molar refractivity (Wildman–Crippen MR) is 84.0 cm³/mol. The fraction of sp³-hybridized carbons (Fsp3) is 0.250. The number of pyridine rings is 1. The van der Waals surface area contributed by atoms with E-state index in [0.717, 1.165) is 11.6 Å². The van der Waals surface area contributed by atoms with E-state index in [1.807, 2.05) is 0 Å². The molecule has 0 aliphatic heterocycles. The Morgan fingerprint density at radius 1 is 1.25 bits per heavy atom. The maximum absolute atomic E-state index is 12.7. The number of nitrogens with one attached hydrogen (secondary N) is 1. The smallest absolute Gasteiger partial charge is 0.417 e. The Morgan fingerprint density at radius 3 is 2.50 bits per heavy atom. The number of rotatable bonds is 6. The third-order valence-electron chi connectivity index (χ3n) is 3.30. The first-order valence-corrected chi connectivity index (χ1v) is 7.40. The molecule has 0 saturated heterocycles. The van der Waals surface area contributed by atoms with Crippen molar-refractivity contribution in [1.29, 1.82) is 0 Å². The van der Waals surface area contributed by atoms with Crippen molar-refractivity contribution in [3.8, 4) is 0 Å². The lowest BCUT2D eigenvalue weighted by atomic mass is 10.1. The molecule has 1 aromatic carbocycles. The summed E-state index contributed by atoms with van der Waals surface area (Å²) in [6.45, 7) is 0.0875. The van der Waals surface area contributed by atoms with E-state index in [1.54, 1.807) is 24.3 Å². The number of alkyl halides is 3. The predicted octanol–water partition coefficient (Wildman–Crippen LogP) is 4.38. The summed E-state index contributed by atoms with van der Waals surface area (Å²) < 4.78 is 38.1. The summed E-state index contributed by atoms with van der Waals surface area (Å²) >= 11 is 5.83. The summed E-state index contributed by atoms with van der Waals surface area (Å²) in [4.78, 5) is 14.1. The van der Waals surface area contributed by atoms with Gasteiger partial charge in [-0.05, 0) is 30.2 Å². The highest BCUT2D eigenvalue weighted by molar-refractivity contribution is 6.30. The van der Waals surface area contributed by atoms with Gasteiger partial charge in [0.15, 0.2) is 0 Å². The number of halogens is 4. The molecule has 8 heteroatoms. The SMILES string of the molecule is O=C(O)CCc1ccc(NCc2cc(C(F)(F)F)cnc2Cl)cc1. The minimum Gasteiger partial charge on any atom is -0.481 e. The van der Waals surface area contributed by atoms with Gasteiger partial charge in [-0.3, -0.25) is 4.79 Å². The number of hydrogen-bond acceptors (Lipinski definition) is 3. The minimum atomic E-state index is -4.47. The molecule has 0 aliphatic carbocycles. The molecule has 0 unspecified atom stereocenters. The number of carboxylic acid groups (broad SMARTS) is 1. The molecule has 2 rings (SSSR count). The van der Waals surface area contributed by atoms with Gasteiger partial charge in [0.25, 0.3) is 0 Å². The number of hydrogen-bond donors (Lipinski definition) is 2. The Bertz CT molecular complexity index is 718. The van der Waals surface area contributed by atoms with Crippen LogP contribution in [0, 0.1) is 0 Å². The van der Waals surface area contributed by atoms with Gasteiger partial charge in [-0.2, -0.15) is 13.2 Å². The molecule has 24 heavy (non-hydrogen) atoms. The second-order valence-electron chi connectivity index (χ2n) is 5.12. The van der Waals surface area contributed by atoms with Gasteiger partial charge in [0.05, 0.1) is 5.56 Å². The van der Waals surface area contributed by atoms with E-state index in [0.29, 0.717) is 18.3 Å². The lowest BCUT2D eigenvalue weighted by Gasteiger charge is -2.11. The average molecular weight is 359 g/mol. The highest BCUT2D eigenvalue weighted by atomic mass is 35.5. The standard InChI is InChI=1S/C16H14ClF3N2O2/c17-15-11(7-12(9-22-15)16(18,19)20)8-21-13-4-1-10(2-5-13)3-6-14(23)24/h1-2,4-5,7,9,21H,3,6,8H2,(H,23,24). The first kappa shape index (κ1) is 18.1. The van der Waals surface area contributed by atoms with Crippen LogP contribution in [0.5, 0.6) is 0 Å². The van der Waals surface area contributed by atoms with Crippen molar-refractivity contribution >= 4 is 23.3 Å². The third-order valence-corrected chi connectivity index (χ3v) is 3.64. The summed E-state index contributed by atoms with van der Waals surface area (Å²) in [5.74, 6) is -0.871. The Labute approximate surface area is 141 Å².